The molecular formula is C24H37N3O5. The third-order valence-electron chi connectivity index (χ3n) is 6.62. The van der Waals surface area contributed by atoms with Gasteiger partial charge in [-0.3, -0.25) is 14.5 Å². The third kappa shape index (κ3) is 5.99. The summed E-state index contributed by atoms with van der Waals surface area (Å²) in [5.74, 6) is 0.534. The van der Waals surface area contributed by atoms with E-state index in [1.165, 1.54) is 0 Å². The molecular weight excluding hydrogens is 410 g/mol. The predicted molar refractivity (Wildman–Crippen MR) is 123 cm³/mol. The first-order chi connectivity index (χ1) is 15.3. The van der Waals surface area contributed by atoms with Gasteiger partial charge in [0.2, 0.25) is 5.91 Å². The number of fused-ring (bicyclic) bond motifs is 1. The normalized spacial score (nSPS) is 26.5. The van der Waals surface area contributed by atoms with Crippen molar-refractivity contribution in [3.63, 3.8) is 0 Å². The summed E-state index contributed by atoms with van der Waals surface area (Å²) < 4.78 is 17.2. The number of rotatable bonds is 3. The number of nitrogens with one attached hydrogen (secondary N) is 1. The Labute approximate surface area is 191 Å². The largest absolute Gasteiger partial charge is 0.491 e. The second-order valence-electron chi connectivity index (χ2n) is 9.12. The molecule has 32 heavy (non-hydrogen) atoms. The smallest absolute Gasteiger partial charge is 0.257 e. The Kier molecular flexibility index (Phi) is 8.51. The van der Waals surface area contributed by atoms with Crippen molar-refractivity contribution in [2.45, 2.75) is 38.8 Å². The zero-order chi connectivity index (χ0) is 23.3. The number of ether oxygens (including phenoxy) is 3. The van der Waals surface area contributed by atoms with Gasteiger partial charge in [-0.25, -0.2) is 0 Å². The van der Waals surface area contributed by atoms with Gasteiger partial charge in [0.25, 0.3) is 5.91 Å². The highest BCUT2D eigenvalue weighted by Gasteiger charge is 2.27. The number of carbonyl (C=O) groups is 2. The van der Waals surface area contributed by atoms with Gasteiger partial charge in [-0.2, -0.15) is 0 Å². The molecule has 2 amide bonds. The lowest BCUT2D eigenvalue weighted by molar-refractivity contribution is -0.122. The van der Waals surface area contributed by atoms with Crippen molar-refractivity contribution in [2.75, 3.05) is 59.4 Å². The first-order valence-electron chi connectivity index (χ1n) is 11.4. The van der Waals surface area contributed by atoms with E-state index in [0.717, 1.165) is 19.4 Å². The summed E-state index contributed by atoms with van der Waals surface area (Å²) >= 11 is 0. The number of benzene rings is 1. The van der Waals surface area contributed by atoms with Gasteiger partial charge >= 0.3 is 0 Å². The van der Waals surface area contributed by atoms with Crippen LogP contribution in [-0.2, 0) is 14.3 Å². The zero-order valence-corrected chi connectivity index (χ0v) is 19.9. The van der Waals surface area contributed by atoms with Gasteiger partial charge in [0.05, 0.1) is 11.7 Å². The minimum atomic E-state index is -0.127. The molecule has 0 bridgehead atoms. The summed E-state index contributed by atoms with van der Waals surface area (Å²) in [6, 6.07) is 5.41. The number of hydrogen-bond acceptors (Lipinski definition) is 6. The second-order valence-corrected chi connectivity index (χ2v) is 9.12. The molecule has 1 saturated heterocycles. The molecule has 8 heteroatoms. The van der Waals surface area contributed by atoms with Gasteiger partial charge in [0.1, 0.15) is 12.4 Å². The van der Waals surface area contributed by atoms with E-state index < -0.39 is 0 Å². The van der Waals surface area contributed by atoms with Crippen LogP contribution in [0.15, 0.2) is 18.2 Å². The maximum atomic E-state index is 13.2. The zero-order valence-electron chi connectivity index (χ0n) is 19.9. The summed E-state index contributed by atoms with van der Waals surface area (Å²) in [6.45, 7) is 7.22. The molecule has 2 heterocycles. The molecule has 0 aromatic heterocycles. The average molecular weight is 448 g/mol. The highest BCUT2D eigenvalue weighted by atomic mass is 16.5. The van der Waals surface area contributed by atoms with Crippen molar-refractivity contribution in [1.82, 2.24) is 9.80 Å². The molecule has 1 N–H and O–H groups in total. The van der Waals surface area contributed by atoms with E-state index in [1.54, 1.807) is 37.3 Å². The van der Waals surface area contributed by atoms with Gasteiger partial charge < -0.3 is 24.4 Å². The molecule has 1 fully saturated rings. The van der Waals surface area contributed by atoms with E-state index in [-0.39, 0.29) is 35.8 Å². The number of carbonyl (C=O) groups excluding carboxylic acids is 2. The van der Waals surface area contributed by atoms with Crippen molar-refractivity contribution in [3.05, 3.63) is 23.8 Å². The van der Waals surface area contributed by atoms with E-state index >= 15 is 0 Å². The Hall–Kier alpha value is -2.16. The topological polar surface area (TPSA) is 80.3 Å². The molecule has 0 aliphatic carbocycles. The lowest BCUT2D eigenvalue weighted by Crippen LogP contribution is -2.45. The van der Waals surface area contributed by atoms with E-state index in [2.05, 4.69) is 31.1 Å². The first kappa shape index (κ1) is 24.5. The van der Waals surface area contributed by atoms with Gasteiger partial charge in [-0.1, -0.05) is 6.92 Å². The van der Waals surface area contributed by atoms with Crippen LogP contribution in [-0.4, -0.2) is 87.9 Å². The summed E-state index contributed by atoms with van der Waals surface area (Å²) in [5, 5.41) is 2.99. The molecule has 1 aromatic carbocycles. The molecule has 8 nitrogen and oxygen atoms in total. The first-order valence-corrected chi connectivity index (χ1v) is 11.4. The summed E-state index contributed by atoms with van der Waals surface area (Å²) in [4.78, 5) is 29.8. The minimum Gasteiger partial charge on any atom is -0.491 e. The van der Waals surface area contributed by atoms with Gasteiger partial charge in [0.15, 0.2) is 0 Å². The molecule has 2 aliphatic rings. The second kappa shape index (κ2) is 11.1. The minimum absolute atomic E-state index is 0.0186. The highest BCUT2D eigenvalue weighted by Crippen LogP contribution is 2.27. The van der Waals surface area contributed by atoms with E-state index in [4.69, 9.17) is 14.2 Å². The van der Waals surface area contributed by atoms with Crippen LogP contribution in [0.5, 0.6) is 5.75 Å². The van der Waals surface area contributed by atoms with E-state index in [0.29, 0.717) is 43.4 Å². The van der Waals surface area contributed by atoms with E-state index in [9.17, 15) is 9.59 Å². The predicted octanol–water partition coefficient (Wildman–Crippen LogP) is 2.49. The lowest BCUT2D eigenvalue weighted by atomic mass is 9.99. The number of anilines is 1. The molecule has 3 rings (SSSR count). The fraction of sp³-hybridized carbons (Fsp3) is 0.667. The van der Waals surface area contributed by atoms with Crippen molar-refractivity contribution < 1.29 is 23.8 Å². The lowest BCUT2D eigenvalue weighted by Gasteiger charge is -2.34. The van der Waals surface area contributed by atoms with Gasteiger partial charge in [0, 0.05) is 64.2 Å². The van der Waals surface area contributed by atoms with Crippen LogP contribution >= 0.6 is 0 Å². The van der Waals surface area contributed by atoms with Crippen molar-refractivity contribution >= 4 is 17.5 Å². The van der Waals surface area contributed by atoms with Crippen molar-refractivity contribution in [1.29, 1.82) is 0 Å². The van der Waals surface area contributed by atoms with Crippen LogP contribution in [0.1, 0.15) is 37.0 Å². The molecule has 3 atom stereocenters. The quantitative estimate of drug-likeness (QED) is 0.767. The van der Waals surface area contributed by atoms with Crippen molar-refractivity contribution in [2.24, 2.45) is 11.8 Å². The highest BCUT2D eigenvalue weighted by molar-refractivity contribution is 5.98. The molecule has 178 valence electrons. The van der Waals surface area contributed by atoms with Crippen LogP contribution in [0.25, 0.3) is 0 Å². The standard InChI is InChI=1S/C24H37N3O5/c1-16-13-26(3)17(2)15-32-21-12-19(25-23(28)18-8-10-31-11-9-18)6-7-20(21)24(29)27(4)14-22(16)30-5/h6-7,12,16-18,22H,8-11,13-15H2,1-5H3,(H,25,28)/t16-,17+,22+/m1/s1. The van der Waals surface area contributed by atoms with Gasteiger partial charge in [-0.05, 0) is 44.9 Å². The van der Waals surface area contributed by atoms with Crippen LogP contribution < -0.4 is 10.1 Å². The maximum Gasteiger partial charge on any atom is 0.257 e. The molecule has 0 spiro atoms. The SMILES string of the molecule is CO[C@H]1CN(C)C(=O)c2ccc(NC(=O)C3CCOCC3)cc2OC[C@H](C)N(C)C[C@H]1C. The van der Waals surface area contributed by atoms with Crippen LogP contribution in [0.2, 0.25) is 0 Å². The molecule has 0 unspecified atom stereocenters. The monoisotopic (exact) mass is 447 g/mol. The summed E-state index contributed by atoms with van der Waals surface area (Å²) in [6.07, 6.45) is 1.37. The molecule has 2 aliphatic heterocycles. The number of methoxy groups -OCH3 is 1. The molecule has 0 saturated carbocycles. The number of hydrogen-bond donors (Lipinski definition) is 1. The Morgan fingerprint density at radius 3 is 2.56 bits per heavy atom. The summed E-state index contributed by atoms with van der Waals surface area (Å²) in [7, 11) is 5.55. The Balaban J connectivity index is 1.84. The third-order valence-corrected chi connectivity index (χ3v) is 6.62. The number of amides is 2. The molecule has 0 radical (unpaired) electrons. The van der Waals surface area contributed by atoms with Crippen LogP contribution in [0, 0.1) is 11.8 Å². The van der Waals surface area contributed by atoms with Crippen LogP contribution in [0.4, 0.5) is 5.69 Å². The van der Waals surface area contributed by atoms with Crippen LogP contribution in [0.3, 0.4) is 0 Å². The molecule has 1 aromatic rings. The Morgan fingerprint density at radius 1 is 1.16 bits per heavy atom. The Bertz CT molecular complexity index is 796. The number of nitrogens with zero attached hydrogens (tertiary/aromatic N) is 2. The van der Waals surface area contributed by atoms with Gasteiger partial charge in [-0.15, -0.1) is 0 Å². The average Bonchev–Trinajstić information content (AvgIpc) is 2.80. The summed E-state index contributed by atoms with van der Waals surface area (Å²) in [5.41, 5.74) is 1.11. The Morgan fingerprint density at radius 2 is 1.88 bits per heavy atom. The van der Waals surface area contributed by atoms with E-state index in [1.807, 2.05) is 0 Å². The number of likely N-dealkylation sites (N-methyl/N-ethyl adjacent to an activating group) is 2. The van der Waals surface area contributed by atoms with Crippen molar-refractivity contribution in [3.8, 4) is 5.75 Å². The maximum absolute atomic E-state index is 13.2. The fourth-order valence-electron chi connectivity index (χ4n) is 4.23. The fourth-order valence-corrected chi connectivity index (χ4v) is 4.23.